The molecule has 2 rings (SSSR count). The lowest BCUT2D eigenvalue weighted by molar-refractivity contribution is 0.0754. The summed E-state index contributed by atoms with van der Waals surface area (Å²) in [6, 6.07) is 6.82. The molecular weight excluding hydrogens is 200 g/mol. The first-order chi connectivity index (χ1) is 6.70. The number of aliphatic imine (C=N–C) groups is 1. The van der Waals surface area contributed by atoms with E-state index < -0.39 is 4.21 Å². The lowest BCUT2D eigenvalue weighted by Crippen LogP contribution is -2.30. The number of benzene rings is 1. The predicted octanol–water partition coefficient (Wildman–Crippen LogP) is 2.43. The summed E-state index contributed by atoms with van der Waals surface area (Å²) >= 11 is 0.740. The molecule has 72 valence electrons. The Kier molecular flexibility index (Phi) is 2.39. The fraction of sp³-hybridized carbons (Fsp3) is 0. The van der Waals surface area contributed by atoms with Crippen LogP contribution in [0.25, 0.3) is 0 Å². The van der Waals surface area contributed by atoms with Crippen LogP contribution in [0.4, 0.5) is 5.69 Å². The van der Waals surface area contributed by atoms with E-state index in [1.165, 1.54) is 11.6 Å². The minimum absolute atomic E-state index is 0.283. The molecule has 0 saturated carbocycles. The molecule has 0 bridgehead atoms. The van der Waals surface area contributed by atoms with Crippen molar-refractivity contribution in [3.63, 3.8) is 0 Å². The van der Waals surface area contributed by atoms with Gasteiger partial charge in [0.1, 0.15) is 11.9 Å². The van der Waals surface area contributed by atoms with Crippen LogP contribution in [-0.2, 0) is 0 Å². The Bertz CT molecular complexity index is 402. The molecule has 5 heteroatoms. The molecule has 1 atom stereocenters. The van der Waals surface area contributed by atoms with E-state index in [1.807, 2.05) is 0 Å². The van der Waals surface area contributed by atoms with Crippen molar-refractivity contribution in [2.24, 2.45) is 4.99 Å². The predicted molar refractivity (Wildman–Crippen MR) is 57.7 cm³/mol. The van der Waals surface area contributed by atoms with Gasteiger partial charge in [0, 0.05) is 18.5 Å². The number of hydrogen-bond donors (Lipinski definition) is 1. The SMILES string of the molecule is [O-][N+]1(O)S/C=C\N=Cc2ccccc21. The first-order valence-electron chi connectivity index (χ1n) is 3.99. The summed E-state index contributed by atoms with van der Waals surface area (Å²) < 4.78 is -1.46. The van der Waals surface area contributed by atoms with Crippen molar-refractivity contribution in [2.45, 2.75) is 0 Å². The molecule has 0 aromatic heterocycles. The van der Waals surface area contributed by atoms with Crippen LogP contribution in [0.1, 0.15) is 5.56 Å². The molecule has 1 unspecified atom stereocenters. The number of fused-ring (bicyclic) bond motifs is 1. The Labute approximate surface area is 85.5 Å². The maximum absolute atomic E-state index is 11.7. The second-order valence-electron chi connectivity index (χ2n) is 2.75. The van der Waals surface area contributed by atoms with E-state index in [1.54, 1.807) is 30.5 Å². The van der Waals surface area contributed by atoms with Crippen molar-refractivity contribution in [3.05, 3.63) is 46.6 Å². The van der Waals surface area contributed by atoms with Gasteiger partial charge in [-0.3, -0.25) is 4.99 Å². The second-order valence-corrected chi connectivity index (χ2v) is 3.73. The van der Waals surface area contributed by atoms with Gasteiger partial charge < -0.3 is 5.21 Å². The molecule has 0 spiro atoms. The normalized spacial score (nSPS) is 27.6. The van der Waals surface area contributed by atoms with E-state index in [9.17, 15) is 10.4 Å². The van der Waals surface area contributed by atoms with Crippen LogP contribution >= 0.6 is 11.9 Å². The van der Waals surface area contributed by atoms with Crippen molar-refractivity contribution in [3.8, 4) is 0 Å². The molecule has 14 heavy (non-hydrogen) atoms. The number of para-hydroxylation sites is 1. The fourth-order valence-electron chi connectivity index (χ4n) is 1.18. The third-order valence-corrected chi connectivity index (χ3v) is 2.53. The Hall–Kier alpha value is -1.14. The molecular formula is C9H8N2O2S. The summed E-state index contributed by atoms with van der Waals surface area (Å²) in [5, 5.41) is 22.7. The summed E-state index contributed by atoms with van der Waals surface area (Å²) in [4.78, 5) is 3.95. The van der Waals surface area contributed by atoms with Gasteiger partial charge >= 0.3 is 0 Å². The zero-order chi connectivity index (χ0) is 10.0. The molecule has 0 radical (unpaired) electrons. The average Bonchev–Trinajstić information content (AvgIpc) is 2.15. The molecule has 0 aliphatic carbocycles. The molecule has 1 aromatic rings. The first-order valence-corrected chi connectivity index (χ1v) is 4.83. The highest BCUT2D eigenvalue weighted by Gasteiger charge is 2.22. The van der Waals surface area contributed by atoms with Gasteiger partial charge in [0.25, 0.3) is 0 Å². The van der Waals surface area contributed by atoms with Crippen LogP contribution in [0.2, 0.25) is 0 Å². The summed E-state index contributed by atoms with van der Waals surface area (Å²) in [5.41, 5.74) is 0.910. The third kappa shape index (κ3) is 1.71. The van der Waals surface area contributed by atoms with E-state index in [2.05, 4.69) is 4.99 Å². The van der Waals surface area contributed by atoms with E-state index in [-0.39, 0.29) is 5.69 Å². The highest BCUT2D eigenvalue weighted by molar-refractivity contribution is 8.01. The van der Waals surface area contributed by atoms with Gasteiger partial charge in [0.15, 0.2) is 5.69 Å². The number of nitrogens with zero attached hydrogens (tertiary/aromatic N) is 2. The summed E-state index contributed by atoms with van der Waals surface area (Å²) in [7, 11) is 0. The van der Waals surface area contributed by atoms with Crippen molar-refractivity contribution < 1.29 is 5.21 Å². The summed E-state index contributed by atoms with van der Waals surface area (Å²) in [6.45, 7) is 0. The number of hydrogen-bond acceptors (Lipinski definition) is 4. The van der Waals surface area contributed by atoms with Gasteiger partial charge in [-0.15, -0.1) is 4.21 Å². The Morgan fingerprint density at radius 2 is 2.14 bits per heavy atom. The van der Waals surface area contributed by atoms with Crippen molar-refractivity contribution in [1.82, 2.24) is 4.21 Å². The molecule has 0 amide bonds. The highest BCUT2D eigenvalue weighted by Crippen LogP contribution is 2.32. The quantitative estimate of drug-likeness (QED) is 0.404. The van der Waals surface area contributed by atoms with Gasteiger partial charge in [-0.05, 0) is 6.07 Å². The maximum Gasteiger partial charge on any atom is 0.186 e. The van der Waals surface area contributed by atoms with E-state index in [0.29, 0.717) is 5.56 Å². The lowest BCUT2D eigenvalue weighted by atomic mass is 10.2. The average molecular weight is 208 g/mol. The van der Waals surface area contributed by atoms with Crippen LogP contribution < -0.4 is 4.21 Å². The first kappa shape index (κ1) is 9.42. The zero-order valence-corrected chi connectivity index (χ0v) is 8.02. The van der Waals surface area contributed by atoms with Crippen LogP contribution in [0, 0.1) is 5.21 Å². The topological polar surface area (TPSA) is 55.6 Å². The second kappa shape index (κ2) is 3.55. The van der Waals surface area contributed by atoms with Crippen LogP contribution in [-0.4, -0.2) is 11.4 Å². The van der Waals surface area contributed by atoms with E-state index >= 15 is 0 Å². The van der Waals surface area contributed by atoms with Crippen molar-refractivity contribution in [1.29, 1.82) is 0 Å². The van der Waals surface area contributed by atoms with Gasteiger partial charge in [0.2, 0.25) is 0 Å². The van der Waals surface area contributed by atoms with E-state index in [4.69, 9.17) is 0 Å². The largest absolute Gasteiger partial charge is 0.581 e. The summed E-state index contributed by atoms with van der Waals surface area (Å²) in [5.74, 6) is 0. The standard InChI is InChI=1S/C9H8N2O2S/c12-11(13)9-4-2-1-3-8(9)7-10-5-6-14-11/h1-7,12H/b6-5-,10-7?. The molecule has 1 N–H and O–H groups in total. The minimum Gasteiger partial charge on any atom is -0.581 e. The van der Waals surface area contributed by atoms with Crippen LogP contribution in [0.5, 0.6) is 0 Å². The number of rotatable bonds is 0. The number of quaternary nitrogens is 1. The molecule has 1 aliphatic heterocycles. The van der Waals surface area contributed by atoms with Gasteiger partial charge in [0.05, 0.1) is 11.0 Å². The van der Waals surface area contributed by atoms with Crippen LogP contribution in [0.3, 0.4) is 0 Å². The molecule has 1 aromatic carbocycles. The summed E-state index contributed by atoms with van der Waals surface area (Å²) in [6.07, 6.45) is 3.02. The molecule has 0 saturated heterocycles. The Morgan fingerprint density at radius 3 is 3.00 bits per heavy atom. The van der Waals surface area contributed by atoms with Gasteiger partial charge in [-0.2, -0.15) is 5.21 Å². The zero-order valence-electron chi connectivity index (χ0n) is 7.20. The van der Waals surface area contributed by atoms with Gasteiger partial charge in [-0.25, -0.2) is 0 Å². The smallest absolute Gasteiger partial charge is 0.186 e. The van der Waals surface area contributed by atoms with Crippen LogP contribution in [0.15, 0.2) is 40.9 Å². The molecule has 1 aliphatic rings. The highest BCUT2D eigenvalue weighted by atomic mass is 32.2. The van der Waals surface area contributed by atoms with Gasteiger partial charge in [-0.1, -0.05) is 12.1 Å². The monoisotopic (exact) mass is 208 g/mol. The molecule has 1 heterocycles. The third-order valence-electron chi connectivity index (χ3n) is 1.81. The van der Waals surface area contributed by atoms with Crippen molar-refractivity contribution >= 4 is 23.8 Å². The Morgan fingerprint density at radius 1 is 1.36 bits per heavy atom. The Balaban J connectivity index is 2.58. The molecule has 0 fully saturated rings. The minimum atomic E-state index is -1.46. The van der Waals surface area contributed by atoms with E-state index in [0.717, 1.165) is 11.9 Å². The maximum atomic E-state index is 11.7. The fourth-order valence-corrected chi connectivity index (χ4v) is 1.75. The lowest BCUT2D eigenvalue weighted by Gasteiger charge is -2.29. The molecule has 4 nitrogen and oxygen atoms in total. The van der Waals surface area contributed by atoms with Crippen molar-refractivity contribution in [2.75, 3.05) is 0 Å².